The highest BCUT2D eigenvalue weighted by Crippen LogP contribution is 2.29. The summed E-state index contributed by atoms with van der Waals surface area (Å²) in [5.41, 5.74) is 2.49. The van der Waals surface area contributed by atoms with Gasteiger partial charge in [-0.1, -0.05) is 38.1 Å². The smallest absolute Gasteiger partial charge is 0.218 e. The van der Waals surface area contributed by atoms with E-state index < -0.39 is 0 Å². The molecule has 2 rings (SSSR count). The van der Waals surface area contributed by atoms with E-state index in [0.29, 0.717) is 11.0 Å². The fourth-order valence-electron chi connectivity index (χ4n) is 1.94. The van der Waals surface area contributed by atoms with Crippen molar-refractivity contribution in [1.29, 1.82) is 0 Å². The highest BCUT2D eigenvalue weighted by Gasteiger charge is 2.26. The first-order valence-electron chi connectivity index (χ1n) is 5.94. The Morgan fingerprint density at radius 3 is 2.47 bits per heavy atom. The van der Waals surface area contributed by atoms with Gasteiger partial charge in [0.15, 0.2) is 6.17 Å². The van der Waals surface area contributed by atoms with Gasteiger partial charge in [0.05, 0.1) is 0 Å². The van der Waals surface area contributed by atoms with E-state index in [1.165, 1.54) is 5.56 Å². The predicted molar refractivity (Wildman–Crippen MR) is 73.1 cm³/mol. The number of nitrogens with zero attached hydrogens (tertiary/aromatic N) is 3. The van der Waals surface area contributed by atoms with E-state index in [2.05, 4.69) is 55.3 Å². The minimum atomic E-state index is -0.0336. The molecule has 0 spiro atoms. The van der Waals surface area contributed by atoms with Crippen LogP contribution in [0.2, 0.25) is 0 Å². The molecule has 0 aromatic heterocycles. The Labute approximate surface area is 108 Å². The first-order valence-corrected chi connectivity index (χ1v) is 6.35. The summed E-state index contributed by atoms with van der Waals surface area (Å²) in [6, 6.07) is 8.56. The Morgan fingerprint density at radius 1 is 1.29 bits per heavy atom. The largest absolute Gasteiger partial charge is 0.319 e. The molecule has 90 valence electrons. The maximum absolute atomic E-state index is 5.15. The number of hydrogen-bond donors (Lipinski definition) is 0. The second-order valence-corrected chi connectivity index (χ2v) is 4.84. The maximum atomic E-state index is 5.15. The minimum absolute atomic E-state index is 0.0336. The van der Waals surface area contributed by atoms with E-state index in [-0.39, 0.29) is 6.17 Å². The highest BCUT2D eigenvalue weighted by molar-refractivity contribution is 7.80. The van der Waals surface area contributed by atoms with Gasteiger partial charge in [0, 0.05) is 6.54 Å². The van der Waals surface area contributed by atoms with Crippen LogP contribution < -0.4 is 0 Å². The third-order valence-electron chi connectivity index (χ3n) is 3.04. The first-order chi connectivity index (χ1) is 8.13. The summed E-state index contributed by atoms with van der Waals surface area (Å²) in [5, 5.41) is 8.80. The zero-order valence-electron chi connectivity index (χ0n) is 10.4. The van der Waals surface area contributed by atoms with Gasteiger partial charge in [-0.05, 0) is 36.2 Å². The number of thiocarbonyl (C=S) groups is 1. The summed E-state index contributed by atoms with van der Waals surface area (Å²) >= 11 is 5.15. The molecule has 1 aromatic rings. The Kier molecular flexibility index (Phi) is 3.52. The Morgan fingerprint density at radius 2 is 1.94 bits per heavy atom. The highest BCUT2D eigenvalue weighted by atomic mass is 32.1. The zero-order chi connectivity index (χ0) is 12.4. The Balaban J connectivity index is 2.23. The molecule has 0 radical (unpaired) electrons. The molecule has 1 aromatic carbocycles. The molecule has 4 heteroatoms. The lowest BCUT2D eigenvalue weighted by Crippen LogP contribution is -2.26. The summed E-state index contributed by atoms with van der Waals surface area (Å²) < 4.78 is 0. The maximum Gasteiger partial charge on any atom is 0.218 e. The van der Waals surface area contributed by atoms with Crippen molar-refractivity contribution in [3.8, 4) is 0 Å². The third-order valence-corrected chi connectivity index (χ3v) is 3.35. The lowest BCUT2D eigenvalue weighted by molar-refractivity contribution is 0.364. The Bertz CT molecular complexity index is 436. The number of hydrogen-bond acceptors (Lipinski definition) is 2. The van der Waals surface area contributed by atoms with Gasteiger partial charge in [-0.2, -0.15) is 5.11 Å². The quantitative estimate of drug-likeness (QED) is 0.758. The monoisotopic (exact) mass is 247 g/mol. The average molecular weight is 247 g/mol. The molecule has 0 aliphatic carbocycles. The average Bonchev–Trinajstić information content (AvgIpc) is 2.70. The lowest BCUT2D eigenvalue weighted by atomic mass is 10.0. The normalized spacial score (nSPS) is 19.4. The van der Waals surface area contributed by atoms with Crippen LogP contribution in [0.1, 0.15) is 44.0 Å². The summed E-state index contributed by atoms with van der Waals surface area (Å²) in [7, 11) is 0. The van der Waals surface area contributed by atoms with Crippen molar-refractivity contribution in [3.63, 3.8) is 0 Å². The number of azo groups is 1. The predicted octanol–water partition coefficient (Wildman–Crippen LogP) is 3.88. The van der Waals surface area contributed by atoms with Crippen LogP contribution in [0.3, 0.4) is 0 Å². The van der Waals surface area contributed by atoms with Crippen LogP contribution in [0, 0.1) is 0 Å². The molecule has 1 aliphatic rings. The summed E-state index contributed by atoms with van der Waals surface area (Å²) in [6.45, 7) is 7.29. The molecular formula is C13H17N3S. The molecule has 1 atom stereocenters. The molecule has 1 aliphatic heterocycles. The van der Waals surface area contributed by atoms with Crippen LogP contribution in [-0.4, -0.2) is 16.6 Å². The SMILES string of the molecule is CCN1C(=S)N=NC1c1ccc(C(C)C)cc1. The molecule has 0 N–H and O–H groups in total. The summed E-state index contributed by atoms with van der Waals surface area (Å²) in [4.78, 5) is 2.03. The first kappa shape index (κ1) is 12.2. The van der Waals surface area contributed by atoms with Crippen molar-refractivity contribution >= 4 is 17.3 Å². The number of rotatable bonds is 3. The van der Waals surface area contributed by atoms with Gasteiger partial charge in [0.1, 0.15) is 0 Å². The molecule has 0 saturated carbocycles. The molecule has 0 bridgehead atoms. The van der Waals surface area contributed by atoms with E-state index in [4.69, 9.17) is 12.2 Å². The van der Waals surface area contributed by atoms with Crippen molar-refractivity contribution in [3.05, 3.63) is 35.4 Å². The van der Waals surface area contributed by atoms with Crippen molar-refractivity contribution in [2.75, 3.05) is 6.54 Å². The lowest BCUT2D eigenvalue weighted by Gasteiger charge is -2.21. The molecule has 1 heterocycles. The van der Waals surface area contributed by atoms with Crippen LogP contribution in [0.15, 0.2) is 34.5 Å². The topological polar surface area (TPSA) is 28.0 Å². The van der Waals surface area contributed by atoms with Gasteiger partial charge in [-0.15, -0.1) is 5.11 Å². The van der Waals surface area contributed by atoms with Crippen LogP contribution in [0.25, 0.3) is 0 Å². The molecule has 17 heavy (non-hydrogen) atoms. The van der Waals surface area contributed by atoms with Gasteiger partial charge in [0.2, 0.25) is 5.11 Å². The van der Waals surface area contributed by atoms with Crippen LogP contribution in [0.5, 0.6) is 0 Å². The molecule has 3 nitrogen and oxygen atoms in total. The second kappa shape index (κ2) is 4.92. The standard InChI is InChI=1S/C13H17N3S/c1-4-16-12(14-15-13(16)17)11-7-5-10(6-8-11)9(2)3/h5-9,12H,4H2,1-3H3. The fraction of sp³-hybridized carbons (Fsp3) is 0.462. The van der Waals surface area contributed by atoms with Crippen molar-refractivity contribution in [1.82, 2.24) is 4.90 Å². The van der Waals surface area contributed by atoms with Crippen molar-refractivity contribution in [2.24, 2.45) is 10.2 Å². The van der Waals surface area contributed by atoms with Crippen LogP contribution >= 0.6 is 12.2 Å². The molecule has 0 fully saturated rings. The van der Waals surface area contributed by atoms with Gasteiger partial charge < -0.3 is 4.90 Å². The van der Waals surface area contributed by atoms with E-state index >= 15 is 0 Å². The van der Waals surface area contributed by atoms with Gasteiger partial charge in [-0.25, -0.2) is 0 Å². The number of benzene rings is 1. The third kappa shape index (κ3) is 2.36. The molecule has 0 amide bonds. The van der Waals surface area contributed by atoms with Gasteiger partial charge in [0.25, 0.3) is 0 Å². The van der Waals surface area contributed by atoms with E-state index in [0.717, 1.165) is 12.1 Å². The fourth-order valence-corrected chi connectivity index (χ4v) is 2.21. The summed E-state index contributed by atoms with van der Waals surface area (Å²) in [6.07, 6.45) is -0.0336. The zero-order valence-corrected chi connectivity index (χ0v) is 11.2. The van der Waals surface area contributed by atoms with Crippen LogP contribution in [-0.2, 0) is 0 Å². The van der Waals surface area contributed by atoms with Crippen LogP contribution in [0.4, 0.5) is 0 Å². The second-order valence-electron chi connectivity index (χ2n) is 4.48. The molecule has 1 unspecified atom stereocenters. The van der Waals surface area contributed by atoms with Gasteiger partial charge in [-0.3, -0.25) is 0 Å². The van der Waals surface area contributed by atoms with Gasteiger partial charge >= 0.3 is 0 Å². The summed E-state index contributed by atoms with van der Waals surface area (Å²) in [5.74, 6) is 0.553. The van der Waals surface area contributed by atoms with Crippen molar-refractivity contribution in [2.45, 2.75) is 32.9 Å². The minimum Gasteiger partial charge on any atom is -0.319 e. The van der Waals surface area contributed by atoms with E-state index in [9.17, 15) is 0 Å². The van der Waals surface area contributed by atoms with E-state index in [1.807, 2.05) is 4.90 Å². The Hall–Kier alpha value is -1.29. The van der Waals surface area contributed by atoms with E-state index in [1.54, 1.807) is 0 Å². The molecule has 0 saturated heterocycles. The van der Waals surface area contributed by atoms with Crippen molar-refractivity contribution < 1.29 is 0 Å². The molecular weight excluding hydrogens is 230 g/mol.